The molecule has 3 aromatic carbocycles. The molecule has 1 saturated heterocycles. The Labute approximate surface area is 185 Å². The number of nitrogens with zero attached hydrogens (tertiary/aromatic N) is 1. The van der Waals surface area contributed by atoms with Gasteiger partial charge in [0.2, 0.25) is 6.79 Å². The van der Waals surface area contributed by atoms with Crippen molar-refractivity contribution >= 4 is 33.1 Å². The fourth-order valence-electron chi connectivity index (χ4n) is 4.91. The van der Waals surface area contributed by atoms with Crippen molar-refractivity contribution in [1.29, 1.82) is 0 Å². The zero-order valence-corrected chi connectivity index (χ0v) is 16.9. The number of amides is 1. The van der Waals surface area contributed by atoms with Gasteiger partial charge in [0.1, 0.15) is 24.1 Å². The molecule has 11 heteroatoms. The monoisotopic (exact) mass is 457 g/mol. The lowest BCUT2D eigenvalue weighted by atomic mass is 9.95. The molecular formula is C22H19NO10. The van der Waals surface area contributed by atoms with Crippen molar-refractivity contribution in [1.82, 2.24) is 0 Å². The van der Waals surface area contributed by atoms with Gasteiger partial charge in [-0.1, -0.05) is 12.1 Å². The van der Waals surface area contributed by atoms with Crippen LogP contribution >= 0.6 is 0 Å². The number of benzene rings is 3. The molecule has 0 bridgehead atoms. The Kier molecular flexibility index (Phi) is 4.13. The van der Waals surface area contributed by atoms with E-state index in [0.29, 0.717) is 27.3 Å². The van der Waals surface area contributed by atoms with Crippen LogP contribution in [0.2, 0.25) is 0 Å². The van der Waals surface area contributed by atoms with Gasteiger partial charge >= 0.3 is 0 Å². The second kappa shape index (κ2) is 6.67. The van der Waals surface area contributed by atoms with Gasteiger partial charge in [-0.05, 0) is 23.6 Å². The first kappa shape index (κ1) is 20.4. The number of aliphatic hydroxyl groups is 5. The summed E-state index contributed by atoms with van der Waals surface area (Å²) in [5, 5.41) is 64.3. The third kappa shape index (κ3) is 2.46. The number of rotatable bonds is 2. The predicted octanol–water partition coefficient (Wildman–Crippen LogP) is -0.493. The molecule has 0 spiro atoms. The van der Waals surface area contributed by atoms with E-state index in [4.69, 9.17) is 14.2 Å². The largest absolute Gasteiger partial charge is 0.507 e. The van der Waals surface area contributed by atoms with Crippen LogP contribution in [0.3, 0.4) is 0 Å². The molecule has 1 fully saturated rings. The number of hydrogen-bond acceptors (Lipinski definition) is 10. The predicted molar refractivity (Wildman–Crippen MR) is 111 cm³/mol. The van der Waals surface area contributed by atoms with E-state index in [1.807, 2.05) is 0 Å². The molecule has 6 rings (SSSR count). The third-order valence-electron chi connectivity index (χ3n) is 6.49. The number of fused-ring (bicyclic) bond motifs is 4. The van der Waals surface area contributed by atoms with Gasteiger partial charge in [0, 0.05) is 16.2 Å². The molecule has 33 heavy (non-hydrogen) atoms. The Bertz CT molecular complexity index is 1340. The lowest BCUT2D eigenvalue weighted by molar-refractivity contribution is -0.344. The van der Waals surface area contributed by atoms with Crippen LogP contribution in [0.5, 0.6) is 17.2 Å². The summed E-state index contributed by atoms with van der Waals surface area (Å²) in [4.78, 5) is 14.3. The van der Waals surface area contributed by atoms with Gasteiger partial charge in [0.25, 0.3) is 11.8 Å². The molecule has 11 nitrogen and oxygen atoms in total. The van der Waals surface area contributed by atoms with E-state index in [9.17, 15) is 35.4 Å². The van der Waals surface area contributed by atoms with Crippen LogP contribution in [0.4, 0.5) is 5.69 Å². The SMILES string of the molecule is O=C1c2cc3c(c4c2c(cc2c(O)cccc24)N1C1(O)OC(CO)C(O)C(O)C1O)OCO3. The zero-order chi connectivity index (χ0) is 23.2. The smallest absolute Gasteiger partial charge is 0.286 e. The summed E-state index contributed by atoms with van der Waals surface area (Å²) in [6.45, 7) is -0.865. The molecule has 0 radical (unpaired) electrons. The Morgan fingerprint density at radius 3 is 2.61 bits per heavy atom. The van der Waals surface area contributed by atoms with Gasteiger partial charge in [-0.2, -0.15) is 0 Å². The molecule has 0 aromatic heterocycles. The van der Waals surface area contributed by atoms with E-state index in [0.717, 1.165) is 4.90 Å². The lowest BCUT2D eigenvalue weighted by Gasteiger charge is -2.48. The second-order valence-electron chi connectivity index (χ2n) is 8.24. The maximum absolute atomic E-state index is 13.6. The van der Waals surface area contributed by atoms with Crippen LogP contribution in [0.25, 0.3) is 21.5 Å². The molecule has 3 aromatic rings. The number of phenolic OH excluding ortho intramolecular Hbond substituents is 1. The van der Waals surface area contributed by atoms with E-state index < -0.39 is 42.8 Å². The molecule has 3 aliphatic rings. The van der Waals surface area contributed by atoms with E-state index in [1.54, 1.807) is 12.1 Å². The van der Waals surface area contributed by atoms with E-state index in [-0.39, 0.29) is 29.5 Å². The van der Waals surface area contributed by atoms with Gasteiger partial charge in [-0.3, -0.25) is 9.69 Å². The summed E-state index contributed by atoms with van der Waals surface area (Å²) in [7, 11) is 0. The number of aromatic hydroxyl groups is 1. The number of carbonyl (C=O) groups excluding carboxylic acids is 1. The number of hydrogen-bond donors (Lipinski definition) is 6. The molecule has 3 heterocycles. The van der Waals surface area contributed by atoms with Crippen LogP contribution in [0.1, 0.15) is 10.4 Å². The Balaban J connectivity index is 1.67. The topological polar surface area (TPSA) is 169 Å². The number of carbonyl (C=O) groups is 1. The number of aliphatic hydroxyl groups excluding tert-OH is 4. The zero-order valence-electron chi connectivity index (χ0n) is 16.9. The van der Waals surface area contributed by atoms with Crippen molar-refractivity contribution in [3.63, 3.8) is 0 Å². The highest BCUT2D eigenvalue weighted by molar-refractivity contribution is 6.32. The minimum absolute atomic E-state index is 0.0651. The van der Waals surface area contributed by atoms with E-state index >= 15 is 0 Å². The highest BCUT2D eigenvalue weighted by atomic mass is 16.7. The van der Waals surface area contributed by atoms with Crippen LogP contribution in [0, 0.1) is 0 Å². The van der Waals surface area contributed by atoms with Gasteiger partial charge < -0.3 is 44.8 Å². The van der Waals surface area contributed by atoms with Crippen LogP contribution in [-0.2, 0) is 4.74 Å². The highest BCUT2D eigenvalue weighted by Gasteiger charge is 2.59. The quantitative estimate of drug-likeness (QED) is 0.276. The number of phenols is 1. The van der Waals surface area contributed by atoms with Crippen molar-refractivity contribution in [2.75, 3.05) is 18.3 Å². The number of ether oxygens (including phenoxy) is 3. The lowest BCUT2D eigenvalue weighted by Crippen LogP contribution is -2.72. The summed E-state index contributed by atoms with van der Waals surface area (Å²) in [6, 6.07) is 7.71. The fraction of sp³-hybridized carbons (Fsp3) is 0.318. The van der Waals surface area contributed by atoms with Crippen molar-refractivity contribution in [2.24, 2.45) is 0 Å². The Hall–Kier alpha value is -3.19. The maximum Gasteiger partial charge on any atom is 0.286 e. The minimum atomic E-state index is -2.85. The summed E-state index contributed by atoms with van der Waals surface area (Å²) >= 11 is 0. The molecule has 5 atom stereocenters. The second-order valence-corrected chi connectivity index (χ2v) is 8.24. The summed E-state index contributed by atoms with van der Waals surface area (Å²) in [5.74, 6) is -3.11. The first-order valence-electron chi connectivity index (χ1n) is 10.2. The third-order valence-corrected chi connectivity index (χ3v) is 6.49. The molecule has 0 aliphatic carbocycles. The molecule has 3 aliphatic heterocycles. The Morgan fingerprint density at radius 1 is 1.06 bits per heavy atom. The van der Waals surface area contributed by atoms with Crippen molar-refractivity contribution in [2.45, 2.75) is 30.3 Å². The average molecular weight is 457 g/mol. The average Bonchev–Trinajstić information content (AvgIpc) is 3.39. The summed E-state index contributed by atoms with van der Waals surface area (Å²) < 4.78 is 16.5. The van der Waals surface area contributed by atoms with Crippen LogP contribution < -0.4 is 14.4 Å². The Morgan fingerprint density at radius 2 is 1.85 bits per heavy atom. The number of anilines is 1. The molecule has 6 N–H and O–H groups in total. The van der Waals surface area contributed by atoms with Gasteiger partial charge in [-0.25, -0.2) is 0 Å². The van der Waals surface area contributed by atoms with E-state index in [1.165, 1.54) is 18.2 Å². The highest BCUT2D eigenvalue weighted by Crippen LogP contribution is 2.53. The molecule has 172 valence electrons. The fourth-order valence-corrected chi connectivity index (χ4v) is 4.91. The summed E-state index contributed by atoms with van der Waals surface area (Å²) in [6.07, 6.45) is -7.29. The van der Waals surface area contributed by atoms with Crippen LogP contribution in [-0.4, -0.2) is 80.3 Å². The molecule has 1 amide bonds. The van der Waals surface area contributed by atoms with Gasteiger partial charge in [0.15, 0.2) is 17.6 Å². The standard InChI is InChI=1S/C22H19NO10/c24-6-14-17(26)18(27)20(28)22(30,33-14)23-11-4-9-8(2-1-3-12(9)25)16-15(11)10(21(23)29)5-13-19(16)32-7-31-13/h1-5,14,17-18,20,24-28,30H,6-7H2. The minimum Gasteiger partial charge on any atom is -0.507 e. The van der Waals surface area contributed by atoms with E-state index in [2.05, 4.69) is 0 Å². The van der Waals surface area contributed by atoms with Gasteiger partial charge in [-0.15, -0.1) is 0 Å². The van der Waals surface area contributed by atoms with Crippen molar-refractivity contribution < 1.29 is 49.6 Å². The molecule has 0 saturated carbocycles. The first-order chi connectivity index (χ1) is 15.8. The summed E-state index contributed by atoms with van der Waals surface area (Å²) in [5.41, 5.74) is 0.180. The van der Waals surface area contributed by atoms with Crippen molar-refractivity contribution in [3.8, 4) is 17.2 Å². The molecular weight excluding hydrogens is 438 g/mol. The van der Waals surface area contributed by atoms with Crippen molar-refractivity contribution in [3.05, 3.63) is 35.9 Å². The first-order valence-corrected chi connectivity index (χ1v) is 10.2. The normalized spacial score (nSPS) is 30.6. The van der Waals surface area contributed by atoms with Gasteiger partial charge in [0.05, 0.1) is 17.9 Å². The molecule has 5 unspecified atom stereocenters. The maximum atomic E-state index is 13.6. The van der Waals surface area contributed by atoms with Crippen LogP contribution in [0.15, 0.2) is 30.3 Å².